The van der Waals surface area contributed by atoms with Crippen LogP contribution in [0.1, 0.15) is 12.0 Å². The third-order valence-corrected chi connectivity index (χ3v) is 3.24. The highest BCUT2D eigenvalue weighted by molar-refractivity contribution is 7.80. The summed E-state index contributed by atoms with van der Waals surface area (Å²) in [6.07, 6.45) is 1.10. The third kappa shape index (κ3) is 3.81. The van der Waals surface area contributed by atoms with E-state index in [0.29, 0.717) is 0 Å². The highest BCUT2D eigenvalue weighted by atomic mass is 32.1. The minimum absolute atomic E-state index is 0.929. The fourth-order valence-electron chi connectivity index (χ4n) is 2.00. The number of nitrogens with zero attached hydrogens (tertiary/aromatic N) is 1. The van der Waals surface area contributed by atoms with Gasteiger partial charge in [-0.3, -0.25) is 0 Å². The quantitative estimate of drug-likeness (QED) is 0.765. The maximum absolute atomic E-state index is 4.31. The van der Waals surface area contributed by atoms with Crippen LogP contribution in [0.4, 0.5) is 5.69 Å². The Hall–Kier alpha value is -1.41. The molecule has 94 valence electrons. The standard InChI is InChI=1S/C16H19NS/c18-13-7-12-17(16-10-5-2-6-11-16)14-15-8-3-1-4-9-15/h1-6,8-11,18H,7,12-14H2. The Morgan fingerprint density at radius 1 is 0.833 bits per heavy atom. The second-order valence-electron chi connectivity index (χ2n) is 4.32. The number of anilines is 1. The second kappa shape index (κ2) is 7.12. The van der Waals surface area contributed by atoms with Crippen molar-refractivity contribution in [3.05, 3.63) is 66.2 Å². The van der Waals surface area contributed by atoms with Gasteiger partial charge in [0.15, 0.2) is 0 Å². The first-order chi connectivity index (χ1) is 8.90. The zero-order chi connectivity index (χ0) is 12.6. The Morgan fingerprint density at radius 2 is 1.44 bits per heavy atom. The van der Waals surface area contributed by atoms with Crippen LogP contribution >= 0.6 is 12.6 Å². The van der Waals surface area contributed by atoms with Gasteiger partial charge in [-0.05, 0) is 29.9 Å². The first-order valence-electron chi connectivity index (χ1n) is 6.35. The van der Waals surface area contributed by atoms with E-state index < -0.39 is 0 Å². The van der Waals surface area contributed by atoms with E-state index in [-0.39, 0.29) is 0 Å². The van der Waals surface area contributed by atoms with Crippen molar-refractivity contribution in [2.24, 2.45) is 0 Å². The van der Waals surface area contributed by atoms with Crippen molar-refractivity contribution in [1.29, 1.82) is 0 Å². The molecule has 0 aliphatic rings. The van der Waals surface area contributed by atoms with Gasteiger partial charge in [0.05, 0.1) is 0 Å². The summed E-state index contributed by atoms with van der Waals surface area (Å²) in [6, 6.07) is 21.2. The summed E-state index contributed by atoms with van der Waals surface area (Å²) in [5.41, 5.74) is 2.63. The SMILES string of the molecule is SCCCN(Cc1ccccc1)c1ccccc1. The lowest BCUT2D eigenvalue weighted by Crippen LogP contribution is -2.24. The molecule has 0 spiro atoms. The van der Waals surface area contributed by atoms with Crippen LogP contribution in [0.2, 0.25) is 0 Å². The van der Waals surface area contributed by atoms with E-state index in [1.165, 1.54) is 11.3 Å². The number of benzene rings is 2. The molecule has 0 radical (unpaired) electrons. The van der Waals surface area contributed by atoms with E-state index in [2.05, 4.69) is 78.2 Å². The van der Waals surface area contributed by atoms with Crippen LogP contribution in [0.15, 0.2) is 60.7 Å². The Balaban J connectivity index is 2.10. The Labute approximate surface area is 115 Å². The van der Waals surface area contributed by atoms with E-state index in [0.717, 1.165) is 25.3 Å². The van der Waals surface area contributed by atoms with Gasteiger partial charge in [0.2, 0.25) is 0 Å². The van der Waals surface area contributed by atoms with Crippen molar-refractivity contribution in [3.8, 4) is 0 Å². The van der Waals surface area contributed by atoms with Crippen LogP contribution in [-0.4, -0.2) is 12.3 Å². The number of hydrogen-bond donors (Lipinski definition) is 1. The van der Waals surface area contributed by atoms with Crippen molar-refractivity contribution in [3.63, 3.8) is 0 Å². The van der Waals surface area contributed by atoms with Crippen LogP contribution in [0.5, 0.6) is 0 Å². The molecule has 0 aliphatic carbocycles. The van der Waals surface area contributed by atoms with E-state index in [4.69, 9.17) is 0 Å². The smallest absolute Gasteiger partial charge is 0.0429 e. The molecule has 0 saturated carbocycles. The number of thiol groups is 1. The monoisotopic (exact) mass is 257 g/mol. The zero-order valence-electron chi connectivity index (χ0n) is 10.5. The molecule has 0 heterocycles. The molecule has 0 saturated heterocycles. The maximum atomic E-state index is 4.31. The molecule has 0 unspecified atom stereocenters. The lowest BCUT2D eigenvalue weighted by molar-refractivity contribution is 0.773. The van der Waals surface area contributed by atoms with Crippen molar-refractivity contribution in [1.82, 2.24) is 0 Å². The van der Waals surface area contributed by atoms with E-state index in [1.807, 2.05) is 0 Å². The molecule has 0 amide bonds. The van der Waals surface area contributed by atoms with Crippen molar-refractivity contribution in [2.75, 3.05) is 17.2 Å². The number of hydrogen-bond acceptors (Lipinski definition) is 2. The van der Waals surface area contributed by atoms with Gasteiger partial charge in [0.25, 0.3) is 0 Å². The van der Waals surface area contributed by atoms with Crippen molar-refractivity contribution >= 4 is 18.3 Å². The molecule has 0 aromatic heterocycles. The van der Waals surface area contributed by atoms with Gasteiger partial charge in [-0.25, -0.2) is 0 Å². The first-order valence-corrected chi connectivity index (χ1v) is 6.98. The molecule has 0 N–H and O–H groups in total. The second-order valence-corrected chi connectivity index (χ2v) is 4.77. The summed E-state index contributed by atoms with van der Waals surface area (Å²) in [6.45, 7) is 2.00. The van der Waals surface area contributed by atoms with Crippen LogP contribution in [0, 0.1) is 0 Å². The lowest BCUT2D eigenvalue weighted by Gasteiger charge is -2.24. The molecule has 0 fully saturated rings. The van der Waals surface area contributed by atoms with Gasteiger partial charge in [-0.2, -0.15) is 12.6 Å². The third-order valence-electron chi connectivity index (χ3n) is 2.92. The highest BCUT2D eigenvalue weighted by Crippen LogP contribution is 2.17. The predicted octanol–water partition coefficient (Wildman–Crippen LogP) is 4.01. The largest absolute Gasteiger partial charge is 0.367 e. The van der Waals surface area contributed by atoms with Gasteiger partial charge < -0.3 is 4.90 Å². The van der Waals surface area contributed by atoms with Gasteiger partial charge in [-0.15, -0.1) is 0 Å². The average molecular weight is 257 g/mol. The number of rotatable bonds is 6. The minimum atomic E-state index is 0.929. The predicted molar refractivity (Wildman–Crippen MR) is 82.4 cm³/mol. The van der Waals surface area contributed by atoms with Crippen LogP contribution < -0.4 is 4.90 Å². The Kier molecular flexibility index (Phi) is 5.15. The fourth-order valence-corrected chi connectivity index (χ4v) is 2.15. The van der Waals surface area contributed by atoms with Crippen molar-refractivity contribution < 1.29 is 0 Å². The van der Waals surface area contributed by atoms with Crippen LogP contribution in [0.3, 0.4) is 0 Å². The molecular weight excluding hydrogens is 238 g/mol. The minimum Gasteiger partial charge on any atom is -0.367 e. The summed E-state index contributed by atoms with van der Waals surface area (Å²) < 4.78 is 0. The molecule has 0 atom stereocenters. The van der Waals surface area contributed by atoms with E-state index in [9.17, 15) is 0 Å². The summed E-state index contributed by atoms with van der Waals surface area (Å²) in [7, 11) is 0. The first kappa shape index (κ1) is 13.0. The lowest BCUT2D eigenvalue weighted by atomic mass is 10.2. The van der Waals surface area contributed by atoms with Crippen molar-refractivity contribution in [2.45, 2.75) is 13.0 Å². The molecular formula is C16H19NS. The molecule has 1 nitrogen and oxygen atoms in total. The average Bonchev–Trinajstić information content (AvgIpc) is 2.45. The molecule has 0 bridgehead atoms. The summed E-state index contributed by atoms with van der Waals surface area (Å²) in [5, 5.41) is 0. The fraction of sp³-hybridized carbons (Fsp3) is 0.250. The van der Waals surface area contributed by atoms with E-state index in [1.54, 1.807) is 0 Å². The van der Waals surface area contributed by atoms with Gasteiger partial charge in [0.1, 0.15) is 0 Å². The molecule has 2 aromatic carbocycles. The molecule has 0 aliphatic heterocycles. The highest BCUT2D eigenvalue weighted by Gasteiger charge is 2.06. The molecule has 2 heteroatoms. The maximum Gasteiger partial charge on any atom is 0.0429 e. The summed E-state index contributed by atoms with van der Waals surface area (Å²) >= 11 is 4.31. The topological polar surface area (TPSA) is 3.24 Å². The summed E-state index contributed by atoms with van der Waals surface area (Å²) in [5.74, 6) is 0.929. The van der Waals surface area contributed by atoms with Gasteiger partial charge in [-0.1, -0.05) is 48.5 Å². The molecule has 2 rings (SSSR count). The van der Waals surface area contributed by atoms with E-state index >= 15 is 0 Å². The Morgan fingerprint density at radius 3 is 2.06 bits per heavy atom. The van der Waals surface area contributed by atoms with Crippen LogP contribution in [-0.2, 0) is 6.54 Å². The van der Waals surface area contributed by atoms with Crippen LogP contribution in [0.25, 0.3) is 0 Å². The molecule has 18 heavy (non-hydrogen) atoms. The van der Waals surface area contributed by atoms with Gasteiger partial charge >= 0.3 is 0 Å². The van der Waals surface area contributed by atoms with Gasteiger partial charge in [0, 0.05) is 18.8 Å². The Bertz CT molecular complexity index is 441. The number of para-hydroxylation sites is 1. The summed E-state index contributed by atoms with van der Waals surface area (Å²) in [4.78, 5) is 2.41. The zero-order valence-corrected chi connectivity index (χ0v) is 11.4. The molecule has 2 aromatic rings. The normalized spacial score (nSPS) is 10.3.